The van der Waals surface area contributed by atoms with Crippen molar-refractivity contribution in [1.29, 1.82) is 5.26 Å². The topological polar surface area (TPSA) is 141 Å². The van der Waals surface area contributed by atoms with Gasteiger partial charge in [0.2, 0.25) is 0 Å². The second-order valence-corrected chi connectivity index (χ2v) is 6.70. The van der Waals surface area contributed by atoms with E-state index in [0.717, 1.165) is 11.3 Å². The Labute approximate surface area is 173 Å². The van der Waals surface area contributed by atoms with E-state index in [2.05, 4.69) is 25.9 Å². The summed E-state index contributed by atoms with van der Waals surface area (Å²) in [6, 6.07) is 12.6. The first kappa shape index (κ1) is 19.0. The smallest absolute Gasteiger partial charge is 0.351 e. The predicted octanol–water partition coefficient (Wildman–Crippen LogP) is 1.58. The highest BCUT2D eigenvalue weighted by Crippen LogP contribution is 2.22. The number of benzene rings is 1. The fourth-order valence-corrected chi connectivity index (χ4v) is 3.36. The molecule has 3 aromatic heterocycles. The largest absolute Gasteiger partial charge is 0.451 e. The molecule has 11 nitrogen and oxygen atoms in total. The van der Waals surface area contributed by atoms with Crippen LogP contribution >= 0.6 is 11.3 Å². The van der Waals surface area contributed by atoms with Crippen molar-refractivity contribution in [3.05, 3.63) is 64.7 Å². The number of amides is 1. The van der Waals surface area contributed by atoms with Gasteiger partial charge in [-0.2, -0.15) is 15.0 Å². The molecule has 0 aliphatic heterocycles. The fraction of sp³-hybridized carbons (Fsp3) is 0.0556. The molecular formula is C18H12N8O3S. The first-order chi connectivity index (χ1) is 14.7. The summed E-state index contributed by atoms with van der Waals surface area (Å²) >= 11 is 1.14. The Kier molecular flexibility index (Phi) is 5.27. The standard InChI is InChI=1S/C18H12N8O3S/c19-8-12-9-21-26(13-4-2-1-3-5-13)17(12)22-15(27)10-29-18(28)16-14(6-7-30-16)25-11-20-23-24-25/h1-7,9,11H,10H2,(H,22,27). The SMILES string of the molecule is N#Cc1cnn(-c2ccccc2)c1NC(=O)COC(=O)c1sccc1-n1cnnn1. The molecule has 0 fully saturated rings. The summed E-state index contributed by atoms with van der Waals surface area (Å²) in [5.41, 5.74) is 1.29. The van der Waals surface area contributed by atoms with E-state index < -0.39 is 18.5 Å². The maximum Gasteiger partial charge on any atom is 0.351 e. The van der Waals surface area contributed by atoms with Gasteiger partial charge in [0.15, 0.2) is 12.4 Å². The Balaban J connectivity index is 1.46. The molecule has 0 radical (unpaired) electrons. The molecule has 4 rings (SSSR count). The highest BCUT2D eigenvalue weighted by Gasteiger charge is 2.20. The summed E-state index contributed by atoms with van der Waals surface area (Å²) in [5.74, 6) is -1.11. The lowest BCUT2D eigenvalue weighted by molar-refractivity contribution is -0.119. The highest BCUT2D eigenvalue weighted by molar-refractivity contribution is 7.12. The number of anilines is 1. The molecule has 0 saturated heterocycles. The van der Waals surface area contributed by atoms with Crippen molar-refractivity contribution in [2.24, 2.45) is 0 Å². The van der Waals surface area contributed by atoms with Crippen LogP contribution in [0.25, 0.3) is 11.4 Å². The maximum atomic E-state index is 12.4. The zero-order valence-electron chi connectivity index (χ0n) is 15.2. The molecular weight excluding hydrogens is 408 g/mol. The molecule has 3 heterocycles. The number of nitriles is 1. The van der Waals surface area contributed by atoms with Gasteiger partial charge in [-0.25, -0.2) is 9.48 Å². The molecule has 0 spiro atoms. The van der Waals surface area contributed by atoms with Gasteiger partial charge in [-0.3, -0.25) is 4.79 Å². The van der Waals surface area contributed by atoms with E-state index in [-0.39, 0.29) is 16.3 Å². The molecule has 148 valence electrons. The van der Waals surface area contributed by atoms with Crippen LogP contribution in [0, 0.1) is 11.3 Å². The molecule has 12 heteroatoms. The van der Waals surface area contributed by atoms with Crippen molar-refractivity contribution in [3.8, 4) is 17.4 Å². The van der Waals surface area contributed by atoms with Crippen molar-refractivity contribution >= 4 is 29.0 Å². The van der Waals surface area contributed by atoms with Crippen LogP contribution in [0.1, 0.15) is 15.2 Å². The molecule has 30 heavy (non-hydrogen) atoms. The number of hydrogen-bond donors (Lipinski definition) is 1. The molecule has 1 amide bonds. The summed E-state index contributed by atoms with van der Waals surface area (Å²) in [5, 5.41) is 28.5. The number of carbonyl (C=O) groups is 2. The zero-order valence-corrected chi connectivity index (χ0v) is 16.0. The average Bonchev–Trinajstić information content (AvgIpc) is 3.52. The number of para-hydroxylation sites is 1. The molecule has 4 aromatic rings. The van der Waals surface area contributed by atoms with Gasteiger partial charge in [0.1, 0.15) is 22.8 Å². The number of carbonyl (C=O) groups excluding carboxylic acids is 2. The van der Waals surface area contributed by atoms with Crippen LogP contribution in [-0.2, 0) is 9.53 Å². The van der Waals surface area contributed by atoms with Crippen LogP contribution < -0.4 is 5.32 Å². The summed E-state index contributed by atoms with van der Waals surface area (Å²) in [4.78, 5) is 25.0. The number of nitrogens with zero attached hydrogens (tertiary/aromatic N) is 7. The molecule has 0 saturated carbocycles. The zero-order chi connectivity index (χ0) is 20.9. The molecule has 1 aromatic carbocycles. The van der Waals surface area contributed by atoms with E-state index in [4.69, 9.17) is 4.74 Å². The Bertz CT molecular complexity index is 1220. The van der Waals surface area contributed by atoms with Crippen LogP contribution in [0.15, 0.2) is 54.3 Å². The van der Waals surface area contributed by atoms with Crippen LogP contribution in [0.3, 0.4) is 0 Å². The van der Waals surface area contributed by atoms with Crippen molar-refractivity contribution in [1.82, 2.24) is 30.0 Å². The number of tetrazole rings is 1. The van der Waals surface area contributed by atoms with Gasteiger partial charge in [0, 0.05) is 0 Å². The monoisotopic (exact) mass is 420 g/mol. The number of aromatic nitrogens is 6. The minimum atomic E-state index is -0.692. The first-order valence-corrected chi connectivity index (χ1v) is 9.36. The van der Waals surface area contributed by atoms with Crippen molar-refractivity contribution in [2.75, 3.05) is 11.9 Å². The van der Waals surface area contributed by atoms with Crippen molar-refractivity contribution in [3.63, 3.8) is 0 Å². The molecule has 0 aliphatic rings. The lowest BCUT2D eigenvalue weighted by Gasteiger charge is -2.10. The quantitative estimate of drug-likeness (QED) is 0.464. The van der Waals surface area contributed by atoms with Gasteiger partial charge in [-0.15, -0.1) is 16.4 Å². The van der Waals surface area contributed by atoms with Gasteiger partial charge in [-0.1, -0.05) is 18.2 Å². The predicted molar refractivity (Wildman–Crippen MR) is 104 cm³/mol. The van der Waals surface area contributed by atoms with Gasteiger partial charge in [0.25, 0.3) is 5.91 Å². The summed E-state index contributed by atoms with van der Waals surface area (Å²) in [6.07, 6.45) is 2.69. The Morgan fingerprint density at radius 2 is 2.07 bits per heavy atom. The molecule has 0 bridgehead atoms. The van der Waals surface area contributed by atoms with Crippen LogP contribution in [-0.4, -0.2) is 48.5 Å². The third kappa shape index (κ3) is 3.77. The lowest BCUT2D eigenvalue weighted by atomic mass is 10.3. The van der Waals surface area contributed by atoms with E-state index in [1.807, 2.05) is 12.1 Å². The van der Waals surface area contributed by atoms with Crippen molar-refractivity contribution < 1.29 is 14.3 Å². The van der Waals surface area contributed by atoms with Gasteiger partial charge in [-0.05, 0) is 34.0 Å². The van der Waals surface area contributed by atoms with Gasteiger partial charge >= 0.3 is 5.97 Å². The minimum absolute atomic E-state index is 0.178. The van der Waals surface area contributed by atoms with Crippen LogP contribution in [0.2, 0.25) is 0 Å². The summed E-state index contributed by atoms with van der Waals surface area (Å²) in [7, 11) is 0. The molecule has 1 N–H and O–H groups in total. The Morgan fingerprint density at radius 1 is 1.23 bits per heavy atom. The third-order valence-corrected chi connectivity index (χ3v) is 4.79. The number of ether oxygens (including phenoxy) is 1. The van der Waals surface area contributed by atoms with E-state index in [9.17, 15) is 14.9 Å². The van der Waals surface area contributed by atoms with Gasteiger partial charge in [0.05, 0.1) is 17.6 Å². The number of hydrogen-bond acceptors (Lipinski definition) is 9. The fourth-order valence-electron chi connectivity index (χ4n) is 2.59. The second-order valence-electron chi connectivity index (χ2n) is 5.78. The Morgan fingerprint density at radius 3 is 2.80 bits per heavy atom. The molecule has 0 atom stereocenters. The first-order valence-electron chi connectivity index (χ1n) is 8.48. The van der Waals surface area contributed by atoms with Crippen molar-refractivity contribution in [2.45, 2.75) is 0 Å². The normalized spacial score (nSPS) is 10.4. The Hall–Kier alpha value is -4.37. The maximum absolute atomic E-state index is 12.4. The lowest BCUT2D eigenvalue weighted by Crippen LogP contribution is -2.23. The third-order valence-electron chi connectivity index (χ3n) is 3.91. The van der Waals surface area contributed by atoms with E-state index in [0.29, 0.717) is 11.4 Å². The summed E-state index contributed by atoms with van der Waals surface area (Å²) in [6.45, 7) is -0.545. The molecule has 0 unspecified atom stereocenters. The van der Waals surface area contributed by atoms with Gasteiger partial charge < -0.3 is 10.1 Å². The summed E-state index contributed by atoms with van der Waals surface area (Å²) < 4.78 is 7.87. The number of thiophene rings is 1. The average molecular weight is 420 g/mol. The number of rotatable bonds is 6. The van der Waals surface area contributed by atoms with E-state index in [1.165, 1.54) is 21.9 Å². The van der Waals surface area contributed by atoms with E-state index >= 15 is 0 Å². The number of esters is 1. The van der Waals surface area contributed by atoms with Crippen LogP contribution in [0.5, 0.6) is 0 Å². The second kappa shape index (κ2) is 8.33. The van der Waals surface area contributed by atoms with Crippen LogP contribution in [0.4, 0.5) is 5.82 Å². The van der Waals surface area contributed by atoms with E-state index in [1.54, 1.807) is 35.7 Å². The highest BCUT2D eigenvalue weighted by atomic mass is 32.1. The number of nitrogens with one attached hydrogen (secondary N) is 1. The molecule has 0 aliphatic carbocycles. The minimum Gasteiger partial charge on any atom is -0.451 e.